The predicted octanol–water partition coefficient (Wildman–Crippen LogP) is 1.97. The molecular formula is C13H19N3O3. The van der Waals surface area contributed by atoms with Gasteiger partial charge in [-0.1, -0.05) is 6.07 Å². The molecule has 6 heteroatoms. The Balaban J connectivity index is 2.09. The molecule has 0 bridgehead atoms. The van der Waals surface area contributed by atoms with E-state index in [0.717, 1.165) is 26.1 Å². The first-order valence-electron chi connectivity index (χ1n) is 6.35. The molecular weight excluding hydrogens is 246 g/mol. The number of rotatable bonds is 5. The molecule has 0 radical (unpaired) electrons. The molecule has 1 saturated heterocycles. The maximum Gasteiger partial charge on any atom is 0.333 e. The highest BCUT2D eigenvalue weighted by Gasteiger charge is 2.23. The van der Waals surface area contributed by atoms with Gasteiger partial charge in [0, 0.05) is 13.1 Å². The van der Waals surface area contributed by atoms with Crippen molar-refractivity contribution < 1.29 is 9.66 Å². The summed E-state index contributed by atoms with van der Waals surface area (Å²) in [6.45, 7) is 2.87. The lowest BCUT2D eigenvalue weighted by Crippen LogP contribution is -2.19. The topological polar surface area (TPSA) is 67.6 Å². The second-order valence-corrected chi connectivity index (χ2v) is 4.91. The first-order chi connectivity index (χ1) is 9.11. The lowest BCUT2D eigenvalue weighted by atomic mass is 10.1. The van der Waals surface area contributed by atoms with Crippen LogP contribution in [0.3, 0.4) is 0 Å². The zero-order chi connectivity index (χ0) is 13.8. The summed E-state index contributed by atoms with van der Waals surface area (Å²) in [7, 11) is 3.53. The van der Waals surface area contributed by atoms with Gasteiger partial charge in [-0.25, -0.2) is 0 Å². The van der Waals surface area contributed by atoms with Gasteiger partial charge in [0.2, 0.25) is 0 Å². The van der Waals surface area contributed by atoms with Crippen LogP contribution in [0.25, 0.3) is 0 Å². The van der Waals surface area contributed by atoms with E-state index in [-0.39, 0.29) is 5.69 Å². The number of benzene rings is 1. The summed E-state index contributed by atoms with van der Waals surface area (Å²) in [5.41, 5.74) is 0.537. The SMILES string of the molecule is COc1cccc(NCC2CCN(C)C2)c1[N+](=O)[O-]. The molecule has 1 heterocycles. The van der Waals surface area contributed by atoms with Gasteiger partial charge in [0.05, 0.1) is 12.0 Å². The fourth-order valence-electron chi connectivity index (χ4n) is 2.47. The Morgan fingerprint density at radius 1 is 1.58 bits per heavy atom. The molecule has 0 saturated carbocycles. The third-order valence-electron chi connectivity index (χ3n) is 3.47. The number of nitrogens with zero attached hydrogens (tertiary/aromatic N) is 2. The number of nitro benzene ring substituents is 1. The number of ether oxygens (including phenoxy) is 1. The van der Waals surface area contributed by atoms with Crippen LogP contribution < -0.4 is 10.1 Å². The molecule has 0 aliphatic carbocycles. The fourth-order valence-corrected chi connectivity index (χ4v) is 2.47. The molecule has 2 rings (SSSR count). The van der Waals surface area contributed by atoms with E-state index in [0.29, 0.717) is 17.4 Å². The molecule has 1 unspecified atom stereocenters. The van der Waals surface area contributed by atoms with E-state index >= 15 is 0 Å². The van der Waals surface area contributed by atoms with Gasteiger partial charge in [0.1, 0.15) is 5.69 Å². The maximum atomic E-state index is 11.1. The zero-order valence-corrected chi connectivity index (χ0v) is 11.3. The summed E-state index contributed by atoms with van der Waals surface area (Å²) < 4.78 is 5.05. The van der Waals surface area contributed by atoms with E-state index in [9.17, 15) is 10.1 Å². The maximum absolute atomic E-state index is 11.1. The van der Waals surface area contributed by atoms with Crippen LogP contribution in [-0.2, 0) is 0 Å². The highest BCUT2D eigenvalue weighted by molar-refractivity contribution is 5.68. The van der Waals surface area contributed by atoms with Gasteiger partial charge in [-0.15, -0.1) is 0 Å². The molecule has 1 aliphatic heterocycles. The summed E-state index contributed by atoms with van der Waals surface area (Å²) in [4.78, 5) is 13.0. The molecule has 1 N–H and O–H groups in total. The number of methoxy groups -OCH3 is 1. The number of nitro groups is 1. The van der Waals surface area contributed by atoms with Crippen molar-refractivity contribution in [2.45, 2.75) is 6.42 Å². The first-order valence-corrected chi connectivity index (χ1v) is 6.35. The summed E-state index contributed by atoms with van der Waals surface area (Å²) in [5.74, 6) is 0.828. The van der Waals surface area contributed by atoms with Crippen molar-refractivity contribution in [3.05, 3.63) is 28.3 Å². The quantitative estimate of drug-likeness (QED) is 0.651. The van der Waals surface area contributed by atoms with Crippen LogP contribution in [0.15, 0.2) is 18.2 Å². The van der Waals surface area contributed by atoms with Crippen LogP contribution >= 0.6 is 0 Å². The minimum Gasteiger partial charge on any atom is -0.490 e. The van der Waals surface area contributed by atoms with E-state index in [1.54, 1.807) is 18.2 Å². The van der Waals surface area contributed by atoms with Gasteiger partial charge in [-0.3, -0.25) is 10.1 Å². The van der Waals surface area contributed by atoms with Crippen LogP contribution in [0.4, 0.5) is 11.4 Å². The molecule has 0 spiro atoms. The average Bonchev–Trinajstić information content (AvgIpc) is 2.81. The Labute approximate surface area is 112 Å². The first kappa shape index (κ1) is 13.6. The molecule has 104 valence electrons. The van der Waals surface area contributed by atoms with E-state index in [4.69, 9.17) is 4.74 Å². The van der Waals surface area contributed by atoms with Crippen molar-refractivity contribution in [2.24, 2.45) is 5.92 Å². The lowest BCUT2D eigenvalue weighted by molar-refractivity contribution is -0.384. The number of likely N-dealkylation sites (tertiary alicyclic amines) is 1. The van der Waals surface area contributed by atoms with Crippen molar-refractivity contribution in [3.8, 4) is 5.75 Å². The summed E-state index contributed by atoms with van der Waals surface area (Å²) in [6.07, 6.45) is 1.13. The van der Waals surface area contributed by atoms with Crippen LogP contribution in [0.5, 0.6) is 5.75 Å². The van der Waals surface area contributed by atoms with Crippen molar-refractivity contribution in [1.82, 2.24) is 4.90 Å². The van der Waals surface area contributed by atoms with Gasteiger partial charge in [-0.05, 0) is 38.1 Å². The molecule has 1 aliphatic rings. The summed E-state index contributed by atoms with van der Waals surface area (Å²) in [6, 6.07) is 5.08. The summed E-state index contributed by atoms with van der Waals surface area (Å²) in [5, 5.41) is 14.3. The molecule has 1 aromatic rings. The van der Waals surface area contributed by atoms with E-state index in [2.05, 4.69) is 17.3 Å². The van der Waals surface area contributed by atoms with Crippen molar-refractivity contribution in [2.75, 3.05) is 39.1 Å². The number of hydrogen-bond acceptors (Lipinski definition) is 5. The van der Waals surface area contributed by atoms with E-state index in [1.165, 1.54) is 7.11 Å². The summed E-state index contributed by atoms with van der Waals surface area (Å²) >= 11 is 0. The van der Waals surface area contributed by atoms with Crippen LogP contribution in [-0.4, -0.2) is 43.6 Å². The van der Waals surface area contributed by atoms with Crippen molar-refractivity contribution in [3.63, 3.8) is 0 Å². The highest BCUT2D eigenvalue weighted by Crippen LogP contribution is 2.34. The third-order valence-corrected chi connectivity index (χ3v) is 3.47. The Kier molecular flexibility index (Phi) is 4.21. The lowest BCUT2D eigenvalue weighted by Gasteiger charge is -2.13. The van der Waals surface area contributed by atoms with Crippen LogP contribution in [0, 0.1) is 16.0 Å². The highest BCUT2D eigenvalue weighted by atomic mass is 16.6. The Bertz CT molecular complexity index is 464. The van der Waals surface area contributed by atoms with Gasteiger partial charge in [0.25, 0.3) is 0 Å². The molecule has 0 amide bonds. The van der Waals surface area contributed by atoms with Gasteiger partial charge >= 0.3 is 5.69 Å². The smallest absolute Gasteiger partial charge is 0.333 e. The van der Waals surface area contributed by atoms with Gasteiger partial charge < -0.3 is 15.0 Å². The van der Waals surface area contributed by atoms with Gasteiger partial charge in [0.15, 0.2) is 5.75 Å². The van der Waals surface area contributed by atoms with E-state index < -0.39 is 4.92 Å². The zero-order valence-electron chi connectivity index (χ0n) is 11.3. The number of para-hydroxylation sites is 1. The monoisotopic (exact) mass is 265 g/mol. The predicted molar refractivity (Wildman–Crippen MR) is 73.7 cm³/mol. The Hall–Kier alpha value is -1.82. The van der Waals surface area contributed by atoms with Crippen LogP contribution in [0.1, 0.15) is 6.42 Å². The standard InChI is InChI=1S/C13H19N3O3/c1-15-7-6-10(9-15)8-14-11-4-3-5-12(19-2)13(11)16(17)18/h3-5,10,14H,6-9H2,1-2H3. The molecule has 6 nitrogen and oxygen atoms in total. The molecule has 19 heavy (non-hydrogen) atoms. The van der Waals surface area contributed by atoms with Crippen LogP contribution in [0.2, 0.25) is 0 Å². The second kappa shape index (κ2) is 5.88. The molecule has 1 fully saturated rings. The minimum absolute atomic E-state index is 0.0105. The number of hydrogen-bond donors (Lipinski definition) is 1. The van der Waals surface area contributed by atoms with Crippen molar-refractivity contribution in [1.29, 1.82) is 0 Å². The largest absolute Gasteiger partial charge is 0.490 e. The second-order valence-electron chi connectivity index (χ2n) is 4.91. The fraction of sp³-hybridized carbons (Fsp3) is 0.538. The Morgan fingerprint density at radius 2 is 2.37 bits per heavy atom. The molecule has 1 aromatic carbocycles. The Morgan fingerprint density at radius 3 is 2.95 bits per heavy atom. The normalized spacial score (nSPS) is 19.4. The number of nitrogens with one attached hydrogen (secondary N) is 1. The third kappa shape index (κ3) is 3.14. The van der Waals surface area contributed by atoms with Crippen molar-refractivity contribution >= 4 is 11.4 Å². The molecule has 1 atom stereocenters. The van der Waals surface area contributed by atoms with Gasteiger partial charge in [-0.2, -0.15) is 0 Å². The average molecular weight is 265 g/mol. The number of anilines is 1. The molecule has 0 aromatic heterocycles. The minimum atomic E-state index is -0.401. The van der Waals surface area contributed by atoms with E-state index in [1.807, 2.05) is 0 Å².